The van der Waals surface area contributed by atoms with Crippen LogP contribution in [0.15, 0.2) is 0 Å². The molecule has 4 nitrogen and oxygen atoms in total. The number of aliphatic hydroxyl groups is 1. The monoisotopic (exact) mass is 214 g/mol. The van der Waals surface area contributed by atoms with Crippen molar-refractivity contribution in [3.05, 3.63) is 0 Å². The molecule has 4 heteroatoms. The highest BCUT2D eigenvalue weighted by atomic mass is 16.3. The second kappa shape index (κ2) is 4.49. The van der Waals surface area contributed by atoms with Gasteiger partial charge in [-0.25, -0.2) is 0 Å². The molecule has 1 atom stereocenters. The Morgan fingerprint density at radius 2 is 2.00 bits per heavy atom. The van der Waals surface area contributed by atoms with E-state index in [1.165, 1.54) is 0 Å². The normalized spacial score (nSPS) is 22.3. The van der Waals surface area contributed by atoms with Crippen molar-refractivity contribution in [1.82, 2.24) is 10.2 Å². The van der Waals surface area contributed by atoms with Crippen LogP contribution in [0.5, 0.6) is 0 Å². The van der Waals surface area contributed by atoms with Crippen molar-refractivity contribution in [2.24, 2.45) is 0 Å². The Morgan fingerprint density at radius 3 is 2.40 bits per heavy atom. The van der Waals surface area contributed by atoms with Gasteiger partial charge in [0.2, 0.25) is 5.91 Å². The van der Waals surface area contributed by atoms with Gasteiger partial charge in [-0.2, -0.15) is 0 Å². The fourth-order valence-corrected chi connectivity index (χ4v) is 1.78. The molecule has 0 radical (unpaired) electrons. The van der Waals surface area contributed by atoms with Crippen LogP contribution in [0.2, 0.25) is 0 Å². The fraction of sp³-hybridized carbons (Fsp3) is 0.909. The standard InChI is InChI=1S/C11H22N2O2/c1-5-11(15)6-13(7-11)9(4)10(14)12-8(2)3/h8-9,15H,5-7H2,1-4H3,(H,12,14). The quantitative estimate of drug-likeness (QED) is 0.710. The minimum absolute atomic E-state index is 0.0446. The number of hydrogen-bond donors (Lipinski definition) is 2. The summed E-state index contributed by atoms with van der Waals surface area (Å²) in [4.78, 5) is 13.7. The Morgan fingerprint density at radius 1 is 1.47 bits per heavy atom. The van der Waals surface area contributed by atoms with Gasteiger partial charge in [0.15, 0.2) is 0 Å². The molecular weight excluding hydrogens is 192 g/mol. The van der Waals surface area contributed by atoms with Gasteiger partial charge in [-0.15, -0.1) is 0 Å². The first-order valence-electron chi connectivity index (χ1n) is 5.65. The van der Waals surface area contributed by atoms with Crippen molar-refractivity contribution in [2.45, 2.75) is 51.8 Å². The summed E-state index contributed by atoms with van der Waals surface area (Å²) < 4.78 is 0. The van der Waals surface area contributed by atoms with E-state index < -0.39 is 5.60 Å². The van der Waals surface area contributed by atoms with Crippen molar-refractivity contribution < 1.29 is 9.90 Å². The average molecular weight is 214 g/mol. The van der Waals surface area contributed by atoms with Crippen LogP contribution < -0.4 is 5.32 Å². The average Bonchev–Trinajstić information content (AvgIpc) is 2.10. The van der Waals surface area contributed by atoms with E-state index in [0.717, 1.165) is 6.42 Å². The van der Waals surface area contributed by atoms with E-state index in [9.17, 15) is 9.90 Å². The molecular formula is C11H22N2O2. The molecule has 1 unspecified atom stereocenters. The number of nitrogens with zero attached hydrogens (tertiary/aromatic N) is 1. The molecule has 1 saturated heterocycles. The zero-order valence-corrected chi connectivity index (χ0v) is 10.1. The molecule has 1 rings (SSSR count). The Balaban J connectivity index is 2.37. The smallest absolute Gasteiger partial charge is 0.237 e. The van der Waals surface area contributed by atoms with Crippen molar-refractivity contribution in [3.63, 3.8) is 0 Å². The van der Waals surface area contributed by atoms with E-state index >= 15 is 0 Å². The van der Waals surface area contributed by atoms with Crippen LogP contribution in [0, 0.1) is 0 Å². The zero-order chi connectivity index (χ0) is 11.6. The highest BCUT2D eigenvalue weighted by Gasteiger charge is 2.43. The molecule has 1 heterocycles. The van der Waals surface area contributed by atoms with Gasteiger partial charge in [-0.05, 0) is 27.2 Å². The molecule has 0 spiro atoms. The molecule has 2 N–H and O–H groups in total. The van der Waals surface area contributed by atoms with Crippen molar-refractivity contribution in [2.75, 3.05) is 13.1 Å². The van der Waals surface area contributed by atoms with Crippen molar-refractivity contribution in [3.8, 4) is 0 Å². The van der Waals surface area contributed by atoms with E-state index in [2.05, 4.69) is 5.32 Å². The Kier molecular flexibility index (Phi) is 3.73. The number of carbonyl (C=O) groups is 1. The van der Waals surface area contributed by atoms with E-state index in [1.807, 2.05) is 32.6 Å². The predicted octanol–water partition coefficient (Wildman–Crippen LogP) is 0.356. The predicted molar refractivity (Wildman–Crippen MR) is 59.6 cm³/mol. The topological polar surface area (TPSA) is 52.6 Å². The van der Waals surface area contributed by atoms with Gasteiger partial charge in [0.25, 0.3) is 0 Å². The Bertz CT molecular complexity index is 235. The van der Waals surface area contributed by atoms with Crippen LogP contribution in [0.4, 0.5) is 0 Å². The lowest BCUT2D eigenvalue weighted by Gasteiger charge is -2.48. The van der Waals surface area contributed by atoms with Crippen LogP contribution >= 0.6 is 0 Å². The number of hydrogen-bond acceptors (Lipinski definition) is 3. The maximum absolute atomic E-state index is 11.7. The summed E-state index contributed by atoms with van der Waals surface area (Å²) in [7, 11) is 0. The summed E-state index contributed by atoms with van der Waals surface area (Å²) in [5.41, 5.74) is -0.563. The lowest BCUT2D eigenvalue weighted by molar-refractivity contribution is -0.143. The molecule has 0 aromatic rings. The van der Waals surface area contributed by atoms with Gasteiger partial charge in [0, 0.05) is 19.1 Å². The minimum Gasteiger partial charge on any atom is -0.387 e. The highest BCUT2D eigenvalue weighted by molar-refractivity contribution is 5.81. The third-order valence-corrected chi connectivity index (χ3v) is 3.01. The third-order valence-electron chi connectivity index (χ3n) is 3.01. The molecule has 0 aromatic heterocycles. The van der Waals surface area contributed by atoms with Crippen LogP contribution in [-0.4, -0.2) is 46.7 Å². The molecule has 1 aliphatic heterocycles. The molecule has 15 heavy (non-hydrogen) atoms. The van der Waals surface area contributed by atoms with Gasteiger partial charge >= 0.3 is 0 Å². The van der Waals surface area contributed by atoms with Crippen LogP contribution in [0.25, 0.3) is 0 Å². The number of amides is 1. The number of rotatable bonds is 4. The Hall–Kier alpha value is -0.610. The number of carbonyl (C=O) groups excluding carboxylic acids is 1. The molecule has 1 aliphatic rings. The first kappa shape index (κ1) is 12.5. The van der Waals surface area contributed by atoms with E-state index in [1.54, 1.807) is 0 Å². The van der Waals surface area contributed by atoms with E-state index in [4.69, 9.17) is 0 Å². The maximum Gasteiger partial charge on any atom is 0.237 e. The third kappa shape index (κ3) is 2.92. The lowest BCUT2D eigenvalue weighted by Crippen LogP contribution is -2.66. The Labute approximate surface area is 91.6 Å². The van der Waals surface area contributed by atoms with Gasteiger partial charge in [0.1, 0.15) is 0 Å². The summed E-state index contributed by atoms with van der Waals surface area (Å²) in [6.45, 7) is 8.96. The summed E-state index contributed by atoms with van der Waals surface area (Å²) in [6, 6.07) is 0.0329. The van der Waals surface area contributed by atoms with Crippen molar-refractivity contribution in [1.29, 1.82) is 0 Å². The zero-order valence-electron chi connectivity index (χ0n) is 10.1. The van der Waals surface area contributed by atoms with Crippen LogP contribution in [0.1, 0.15) is 34.1 Å². The molecule has 88 valence electrons. The first-order chi connectivity index (χ1) is 6.88. The molecule has 0 saturated carbocycles. The van der Waals surface area contributed by atoms with Crippen molar-refractivity contribution >= 4 is 5.91 Å². The van der Waals surface area contributed by atoms with E-state index in [0.29, 0.717) is 13.1 Å². The van der Waals surface area contributed by atoms with Gasteiger partial charge in [0.05, 0.1) is 11.6 Å². The second-order valence-corrected chi connectivity index (χ2v) is 4.82. The molecule has 1 amide bonds. The van der Waals surface area contributed by atoms with Crippen LogP contribution in [-0.2, 0) is 4.79 Å². The van der Waals surface area contributed by atoms with E-state index in [-0.39, 0.29) is 18.0 Å². The summed E-state index contributed by atoms with van der Waals surface area (Å²) in [5, 5.41) is 12.7. The number of likely N-dealkylation sites (tertiary alicyclic amines) is 1. The number of nitrogens with one attached hydrogen (secondary N) is 1. The highest BCUT2D eigenvalue weighted by Crippen LogP contribution is 2.25. The first-order valence-corrected chi connectivity index (χ1v) is 5.65. The summed E-state index contributed by atoms with van der Waals surface area (Å²) >= 11 is 0. The number of β-amino-alcohol motifs (C(OH)–C–C–N with tert-alkyl or cyclic N) is 1. The molecule has 1 fully saturated rings. The lowest BCUT2D eigenvalue weighted by atomic mass is 9.90. The fourth-order valence-electron chi connectivity index (χ4n) is 1.78. The second-order valence-electron chi connectivity index (χ2n) is 4.82. The maximum atomic E-state index is 11.7. The summed E-state index contributed by atoms with van der Waals surface area (Å²) in [5.74, 6) is 0.0446. The van der Waals surface area contributed by atoms with Gasteiger partial charge < -0.3 is 10.4 Å². The van der Waals surface area contributed by atoms with Gasteiger partial charge in [-0.1, -0.05) is 6.92 Å². The SMILES string of the molecule is CCC1(O)CN(C(C)C(=O)NC(C)C)C1. The molecule has 0 aliphatic carbocycles. The minimum atomic E-state index is -0.563. The van der Waals surface area contributed by atoms with Gasteiger partial charge in [-0.3, -0.25) is 9.69 Å². The molecule has 0 bridgehead atoms. The summed E-state index contributed by atoms with van der Waals surface area (Å²) in [6.07, 6.45) is 0.752. The van der Waals surface area contributed by atoms with Crippen LogP contribution in [0.3, 0.4) is 0 Å². The largest absolute Gasteiger partial charge is 0.387 e. The molecule has 0 aromatic carbocycles.